The number of hydrogen-bond donors (Lipinski definition) is 1. The number of esters is 2. The lowest BCUT2D eigenvalue weighted by Crippen LogP contribution is -2.53. The average molecular weight is 998 g/mol. The molecule has 1 aliphatic heterocycles. The van der Waals surface area contributed by atoms with E-state index in [1.807, 2.05) is 0 Å². The highest BCUT2D eigenvalue weighted by Gasteiger charge is 2.26. The smallest absolute Gasteiger partial charge is 0.305 e. The van der Waals surface area contributed by atoms with Gasteiger partial charge in [-0.25, -0.2) is 0 Å². The van der Waals surface area contributed by atoms with Crippen LogP contribution in [0.2, 0.25) is 0 Å². The van der Waals surface area contributed by atoms with Crippen LogP contribution in [-0.4, -0.2) is 124 Å². The first kappa shape index (κ1) is 66.7. The summed E-state index contributed by atoms with van der Waals surface area (Å²) in [6.45, 7) is 16.0. The van der Waals surface area contributed by atoms with E-state index >= 15 is 0 Å². The molecule has 0 spiro atoms. The van der Waals surface area contributed by atoms with E-state index < -0.39 is 0 Å². The minimum atomic E-state index is -0.303. The molecule has 1 aliphatic rings. The summed E-state index contributed by atoms with van der Waals surface area (Å²) < 4.78 is 36.9. The lowest BCUT2D eigenvalue weighted by atomic mass is 10.1. The van der Waals surface area contributed by atoms with Crippen molar-refractivity contribution in [1.29, 1.82) is 0 Å². The summed E-state index contributed by atoms with van der Waals surface area (Å²) in [4.78, 5) is 30.9. The van der Waals surface area contributed by atoms with Gasteiger partial charge in [0, 0.05) is 72.0 Å². The van der Waals surface area contributed by atoms with Crippen molar-refractivity contribution in [3.8, 4) is 0 Å². The largest absolute Gasteiger partial charge is 0.464 e. The number of aliphatic hydroxyl groups excluding tert-OH is 1. The first-order valence-corrected chi connectivity index (χ1v) is 30.3. The zero-order chi connectivity index (χ0) is 50.6. The topological polar surface area (TPSA) is 116 Å². The summed E-state index contributed by atoms with van der Waals surface area (Å²) in [6.07, 6.45) is 42.8. The Morgan fingerprint density at radius 3 is 0.971 bits per heavy atom. The molecule has 0 aromatic rings. The van der Waals surface area contributed by atoms with Crippen molar-refractivity contribution < 1.29 is 43.1 Å². The maximum Gasteiger partial charge on any atom is 0.305 e. The van der Waals surface area contributed by atoms with Crippen LogP contribution in [0.3, 0.4) is 0 Å². The van der Waals surface area contributed by atoms with Crippen LogP contribution in [0.5, 0.6) is 0 Å². The molecule has 0 aromatic heterocycles. The van der Waals surface area contributed by atoms with E-state index in [4.69, 9.17) is 28.4 Å². The number of nitrogens with zero attached hydrogens (tertiary/aromatic N) is 2. The second-order valence-electron chi connectivity index (χ2n) is 20.6. The summed E-state index contributed by atoms with van der Waals surface area (Å²) in [5, 5.41) is 9.51. The fraction of sp³-hybridized carbons (Fsp3) is 0.966. The Hall–Kier alpha value is -1.34. The molecule has 0 aliphatic carbocycles. The van der Waals surface area contributed by atoms with Crippen LogP contribution in [0, 0.1) is 0 Å². The molecule has 0 amide bonds. The Balaban J connectivity index is 2.66. The van der Waals surface area contributed by atoms with E-state index in [0.29, 0.717) is 71.5 Å². The van der Waals surface area contributed by atoms with Crippen LogP contribution in [-0.2, 0) is 38.0 Å². The molecule has 0 bridgehead atoms. The molecule has 70 heavy (non-hydrogen) atoms. The first-order valence-electron chi connectivity index (χ1n) is 30.3. The van der Waals surface area contributed by atoms with Crippen molar-refractivity contribution in [2.24, 2.45) is 0 Å². The van der Waals surface area contributed by atoms with Gasteiger partial charge in [0.25, 0.3) is 0 Å². The number of ether oxygens (including phenoxy) is 6. The van der Waals surface area contributed by atoms with Crippen LogP contribution in [0.4, 0.5) is 0 Å². The molecule has 1 heterocycles. The minimum Gasteiger partial charge on any atom is -0.464 e. The Labute approximate surface area is 432 Å². The zero-order valence-corrected chi connectivity index (χ0v) is 46.7. The van der Waals surface area contributed by atoms with E-state index in [1.165, 1.54) is 180 Å². The molecule has 0 unspecified atom stereocenters. The molecule has 0 saturated carbocycles. The summed E-state index contributed by atoms with van der Waals surface area (Å²) in [7, 11) is 0. The highest BCUT2D eigenvalue weighted by atomic mass is 16.7. The van der Waals surface area contributed by atoms with Gasteiger partial charge in [-0.05, 0) is 51.4 Å². The Bertz CT molecular complexity index is 980. The van der Waals surface area contributed by atoms with E-state index in [2.05, 4.69) is 37.5 Å². The highest BCUT2D eigenvalue weighted by molar-refractivity contribution is 5.69. The Kier molecular flexibility index (Phi) is 50.0. The predicted octanol–water partition coefficient (Wildman–Crippen LogP) is 14.7. The second-order valence-corrected chi connectivity index (χ2v) is 20.6. The minimum absolute atomic E-state index is 0.128. The number of hydrogen-bond acceptors (Lipinski definition) is 11. The molecule has 0 aromatic carbocycles. The monoisotopic (exact) mass is 997 g/mol. The SMILES string of the molecule is CCCCCCCCCCOC(CCCC(=O)OCC(COC(=O)CCCC(OCCCCCCCCCC)OCCCCCCCCCC)N1CCN(CCO)CC1)OCCCCCCCCCC. The van der Waals surface area contributed by atoms with E-state index in [0.717, 1.165) is 51.9 Å². The molecule has 416 valence electrons. The number of piperazine rings is 1. The predicted molar refractivity (Wildman–Crippen MR) is 290 cm³/mol. The molecule has 11 heteroatoms. The molecule has 1 fully saturated rings. The molecule has 0 radical (unpaired) electrons. The molecule has 1 rings (SSSR count). The molecular formula is C59H116N2O9. The summed E-state index contributed by atoms with van der Waals surface area (Å²) >= 11 is 0. The van der Waals surface area contributed by atoms with Crippen LogP contribution in [0.15, 0.2) is 0 Å². The van der Waals surface area contributed by atoms with Gasteiger partial charge in [0.1, 0.15) is 13.2 Å². The van der Waals surface area contributed by atoms with Crippen LogP contribution in [0.1, 0.15) is 272 Å². The van der Waals surface area contributed by atoms with E-state index in [9.17, 15) is 14.7 Å². The molecule has 0 atom stereocenters. The zero-order valence-electron chi connectivity index (χ0n) is 46.7. The van der Waals surface area contributed by atoms with Gasteiger partial charge < -0.3 is 33.5 Å². The van der Waals surface area contributed by atoms with Crippen LogP contribution >= 0.6 is 0 Å². The molecular weight excluding hydrogens is 881 g/mol. The van der Waals surface area contributed by atoms with Gasteiger partial charge in [-0.3, -0.25) is 19.4 Å². The normalized spacial score (nSPS) is 13.7. The van der Waals surface area contributed by atoms with Crippen molar-refractivity contribution in [2.75, 3.05) is 79.0 Å². The van der Waals surface area contributed by atoms with Gasteiger partial charge in [-0.15, -0.1) is 0 Å². The van der Waals surface area contributed by atoms with Crippen LogP contribution in [0.25, 0.3) is 0 Å². The fourth-order valence-corrected chi connectivity index (χ4v) is 9.33. The summed E-state index contributed by atoms with van der Waals surface area (Å²) in [5.74, 6) is -0.491. The molecule has 1 N–H and O–H groups in total. The molecule has 1 saturated heterocycles. The van der Waals surface area contributed by atoms with Crippen molar-refractivity contribution in [3.63, 3.8) is 0 Å². The second kappa shape index (κ2) is 52.5. The third-order valence-corrected chi connectivity index (χ3v) is 14.1. The third kappa shape index (κ3) is 43.1. The number of unbranched alkanes of at least 4 members (excludes halogenated alkanes) is 28. The van der Waals surface area contributed by atoms with Gasteiger partial charge in [0.15, 0.2) is 12.6 Å². The summed E-state index contributed by atoms with van der Waals surface area (Å²) in [5.41, 5.74) is 0. The quantitative estimate of drug-likeness (QED) is 0.0357. The average Bonchev–Trinajstić information content (AvgIpc) is 3.36. The number of β-amino-alcohol motifs (C(OH)–C–C–N with tert-alkyl or cyclic N) is 1. The first-order chi connectivity index (χ1) is 34.5. The van der Waals surface area contributed by atoms with Gasteiger partial charge in [0.05, 0.1) is 12.6 Å². The number of rotatable bonds is 55. The van der Waals surface area contributed by atoms with Crippen molar-refractivity contribution in [3.05, 3.63) is 0 Å². The number of aliphatic hydroxyl groups is 1. The Morgan fingerprint density at radius 2 is 0.686 bits per heavy atom. The maximum absolute atomic E-state index is 13.2. The van der Waals surface area contributed by atoms with Crippen molar-refractivity contribution in [2.45, 2.75) is 290 Å². The number of carbonyl (C=O) groups is 2. The standard InChI is InChI=1S/C59H116N2O9/c1-5-9-13-17-21-25-29-33-49-65-58(66-50-34-30-26-22-18-14-10-6-2)41-37-39-56(63)69-53-55(61-45-43-60(44-46-61)47-48-62)54-70-57(64)40-38-42-59(67-51-35-31-27-23-19-15-11-7-3)68-52-36-32-28-24-20-16-12-8-4/h55,58-59,62H,5-54H2,1-4H3. The van der Waals surface area contributed by atoms with Crippen molar-refractivity contribution in [1.82, 2.24) is 9.80 Å². The van der Waals surface area contributed by atoms with Gasteiger partial charge in [-0.2, -0.15) is 0 Å². The fourth-order valence-electron chi connectivity index (χ4n) is 9.33. The van der Waals surface area contributed by atoms with Crippen LogP contribution < -0.4 is 0 Å². The third-order valence-electron chi connectivity index (χ3n) is 14.1. The highest BCUT2D eigenvalue weighted by Crippen LogP contribution is 2.17. The Morgan fingerprint density at radius 1 is 0.400 bits per heavy atom. The van der Waals surface area contributed by atoms with Gasteiger partial charge in [0.2, 0.25) is 0 Å². The lowest BCUT2D eigenvalue weighted by Gasteiger charge is -2.38. The molecule has 11 nitrogen and oxygen atoms in total. The number of carbonyl (C=O) groups excluding carboxylic acids is 2. The van der Waals surface area contributed by atoms with E-state index in [-0.39, 0.29) is 50.4 Å². The van der Waals surface area contributed by atoms with Crippen molar-refractivity contribution >= 4 is 11.9 Å². The summed E-state index contributed by atoms with van der Waals surface area (Å²) in [6, 6.07) is -0.236. The maximum atomic E-state index is 13.2. The van der Waals surface area contributed by atoms with Gasteiger partial charge in [-0.1, -0.05) is 207 Å². The van der Waals surface area contributed by atoms with Gasteiger partial charge >= 0.3 is 11.9 Å². The lowest BCUT2D eigenvalue weighted by molar-refractivity contribution is -0.154. The van der Waals surface area contributed by atoms with E-state index in [1.54, 1.807) is 0 Å².